The first-order valence-electron chi connectivity index (χ1n) is 12.7. The maximum atomic E-state index is 13.4. The van der Waals surface area contributed by atoms with E-state index in [0.717, 1.165) is 41.5 Å². The molecule has 5 nitrogen and oxygen atoms in total. The smallest absolute Gasteiger partial charge is 0.254 e. The molecule has 0 spiro atoms. The van der Waals surface area contributed by atoms with Crippen molar-refractivity contribution in [1.82, 2.24) is 14.7 Å². The molecular weight excluding hydrogens is 453 g/mol. The van der Waals surface area contributed by atoms with Gasteiger partial charge in [-0.15, -0.1) is 0 Å². The number of rotatable bonds is 7. The molecule has 1 aliphatic rings. The van der Waals surface area contributed by atoms with Gasteiger partial charge in [0.2, 0.25) is 5.91 Å². The lowest BCUT2D eigenvalue weighted by atomic mass is 9.91. The number of halogens is 1. The Bertz CT molecular complexity index is 1190. The van der Waals surface area contributed by atoms with Gasteiger partial charge in [-0.05, 0) is 39.9 Å². The molecule has 1 aliphatic heterocycles. The van der Waals surface area contributed by atoms with Gasteiger partial charge in [-0.25, -0.2) is 4.39 Å². The van der Waals surface area contributed by atoms with E-state index in [-0.39, 0.29) is 23.0 Å². The molecule has 1 saturated heterocycles. The molecule has 0 atom stereocenters. The Labute approximate surface area is 213 Å². The van der Waals surface area contributed by atoms with E-state index in [0.29, 0.717) is 32.6 Å². The van der Waals surface area contributed by atoms with Crippen molar-refractivity contribution in [2.45, 2.75) is 33.7 Å². The summed E-state index contributed by atoms with van der Waals surface area (Å²) in [5.41, 5.74) is 1.56. The Morgan fingerprint density at radius 3 is 2.25 bits per heavy atom. The second-order valence-corrected chi connectivity index (χ2v) is 10.8. The van der Waals surface area contributed by atoms with Crippen LogP contribution in [-0.2, 0) is 11.3 Å². The molecule has 190 valence electrons. The number of benzene rings is 3. The van der Waals surface area contributed by atoms with Crippen molar-refractivity contribution < 1.29 is 14.0 Å². The highest BCUT2D eigenvalue weighted by atomic mass is 19.1. The van der Waals surface area contributed by atoms with Gasteiger partial charge >= 0.3 is 0 Å². The first kappa shape index (κ1) is 25.8. The van der Waals surface area contributed by atoms with Crippen molar-refractivity contribution in [2.75, 3.05) is 39.3 Å². The van der Waals surface area contributed by atoms with Gasteiger partial charge < -0.3 is 9.80 Å². The normalized spacial score (nSPS) is 14.7. The van der Waals surface area contributed by atoms with Crippen molar-refractivity contribution in [3.8, 4) is 0 Å². The molecule has 0 N–H and O–H groups in total. The van der Waals surface area contributed by atoms with E-state index in [4.69, 9.17) is 0 Å². The predicted molar refractivity (Wildman–Crippen MR) is 142 cm³/mol. The van der Waals surface area contributed by atoms with Crippen LogP contribution in [0.15, 0.2) is 66.7 Å². The maximum Gasteiger partial charge on any atom is 0.254 e. The Balaban J connectivity index is 1.35. The van der Waals surface area contributed by atoms with Crippen LogP contribution in [0.5, 0.6) is 0 Å². The summed E-state index contributed by atoms with van der Waals surface area (Å²) in [6, 6.07) is 20.2. The van der Waals surface area contributed by atoms with Gasteiger partial charge in [-0.2, -0.15) is 0 Å². The van der Waals surface area contributed by atoms with Crippen molar-refractivity contribution in [3.05, 3.63) is 83.7 Å². The number of carbonyl (C=O) groups is 2. The van der Waals surface area contributed by atoms with Crippen LogP contribution < -0.4 is 0 Å². The number of piperazine rings is 1. The highest BCUT2D eigenvalue weighted by Gasteiger charge is 2.25. The number of hydrogen-bond acceptors (Lipinski definition) is 3. The van der Waals surface area contributed by atoms with E-state index in [1.807, 2.05) is 52.3 Å². The third-order valence-electron chi connectivity index (χ3n) is 6.69. The van der Waals surface area contributed by atoms with Gasteiger partial charge in [0.05, 0.1) is 0 Å². The van der Waals surface area contributed by atoms with Crippen LogP contribution in [0.25, 0.3) is 10.8 Å². The van der Waals surface area contributed by atoms with Crippen LogP contribution in [0.1, 0.15) is 43.1 Å². The van der Waals surface area contributed by atoms with E-state index < -0.39 is 0 Å². The summed E-state index contributed by atoms with van der Waals surface area (Å²) < 4.78 is 13.4. The first-order chi connectivity index (χ1) is 17.2. The van der Waals surface area contributed by atoms with E-state index in [9.17, 15) is 14.0 Å². The third-order valence-corrected chi connectivity index (χ3v) is 6.69. The fourth-order valence-electron chi connectivity index (χ4n) is 4.69. The van der Waals surface area contributed by atoms with Crippen molar-refractivity contribution in [3.63, 3.8) is 0 Å². The van der Waals surface area contributed by atoms with E-state index in [2.05, 4.69) is 25.7 Å². The molecule has 36 heavy (non-hydrogen) atoms. The Hall–Kier alpha value is -3.25. The highest BCUT2D eigenvalue weighted by molar-refractivity contribution is 6.07. The van der Waals surface area contributed by atoms with Gasteiger partial charge in [0.15, 0.2) is 0 Å². The SMILES string of the molecule is CC(C)(C)CC(=O)N(CCN1CCN(C(=O)c2cccc3ccccc23)CC1)Cc1ccc(F)cc1. The second kappa shape index (κ2) is 11.2. The molecule has 3 aromatic carbocycles. The number of fused-ring (bicyclic) bond motifs is 1. The average Bonchev–Trinajstić information content (AvgIpc) is 2.86. The van der Waals surface area contributed by atoms with Gasteiger partial charge in [0.25, 0.3) is 5.91 Å². The second-order valence-electron chi connectivity index (χ2n) is 10.8. The average molecular weight is 490 g/mol. The minimum atomic E-state index is -0.276. The summed E-state index contributed by atoms with van der Waals surface area (Å²) in [7, 11) is 0. The monoisotopic (exact) mass is 489 g/mol. The molecule has 0 saturated carbocycles. The quantitative estimate of drug-likeness (QED) is 0.458. The molecule has 1 heterocycles. The van der Waals surface area contributed by atoms with Crippen LogP contribution in [0.2, 0.25) is 0 Å². The van der Waals surface area contributed by atoms with Crippen molar-refractivity contribution in [2.24, 2.45) is 5.41 Å². The number of hydrogen-bond donors (Lipinski definition) is 0. The minimum absolute atomic E-state index is 0.0738. The van der Waals surface area contributed by atoms with E-state index in [1.165, 1.54) is 12.1 Å². The van der Waals surface area contributed by atoms with Gasteiger partial charge in [-0.3, -0.25) is 14.5 Å². The standard InChI is InChI=1S/C30H36FN3O2/c1-30(2,3)21-28(35)34(22-23-11-13-25(31)14-12-23)20-17-32-15-18-33(19-16-32)29(36)27-10-6-8-24-7-4-5-9-26(24)27/h4-14H,15-22H2,1-3H3. The number of carbonyl (C=O) groups excluding carboxylic acids is 2. The zero-order chi connectivity index (χ0) is 25.7. The predicted octanol–water partition coefficient (Wildman–Crippen LogP) is 5.20. The lowest BCUT2D eigenvalue weighted by Gasteiger charge is -2.36. The fraction of sp³-hybridized carbons (Fsp3) is 0.400. The number of amides is 2. The van der Waals surface area contributed by atoms with Crippen LogP contribution in [0, 0.1) is 11.2 Å². The summed E-state index contributed by atoms with van der Waals surface area (Å²) in [6.45, 7) is 10.9. The van der Waals surface area contributed by atoms with Gasteiger partial charge in [-0.1, -0.05) is 69.3 Å². The third kappa shape index (κ3) is 6.70. The molecule has 3 aromatic rings. The zero-order valence-corrected chi connectivity index (χ0v) is 21.5. The van der Waals surface area contributed by atoms with Crippen LogP contribution in [0.3, 0.4) is 0 Å². The Morgan fingerprint density at radius 2 is 1.56 bits per heavy atom. The molecular formula is C30H36FN3O2. The fourth-order valence-corrected chi connectivity index (χ4v) is 4.69. The Morgan fingerprint density at radius 1 is 0.889 bits per heavy atom. The molecule has 4 rings (SSSR count). The zero-order valence-electron chi connectivity index (χ0n) is 21.5. The van der Waals surface area contributed by atoms with Gasteiger partial charge in [0, 0.05) is 57.8 Å². The van der Waals surface area contributed by atoms with Crippen LogP contribution in [-0.4, -0.2) is 65.8 Å². The largest absolute Gasteiger partial charge is 0.337 e. The van der Waals surface area contributed by atoms with Crippen molar-refractivity contribution >= 4 is 22.6 Å². The summed E-state index contributed by atoms with van der Waals surface area (Å²) in [6.07, 6.45) is 0.460. The van der Waals surface area contributed by atoms with Crippen LogP contribution >= 0.6 is 0 Å². The van der Waals surface area contributed by atoms with E-state index in [1.54, 1.807) is 12.1 Å². The van der Waals surface area contributed by atoms with Crippen LogP contribution in [0.4, 0.5) is 4.39 Å². The van der Waals surface area contributed by atoms with E-state index >= 15 is 0 Å². The lowest BCUT2D eigenvalue weighted by molar-refractivity contribution is -0.134. The Kier molecular flexibility index (Phi) is 8.04. The molecule has 6 heteroatoms. The summed E-state index contributed by atoms with van der Waals surface area (Å²) >= 11 is 0. The maximum absolute atomic E-state index is 13.4. The molecule has 0 aliphatic carbocycles. The molecule has 0 unspecified atom stereocenters. The van der Waals surface area contributed by atoms with Crippen molar-refractivity contribution in [1.29, 1.82) is 0 Å². The topological polar surface area (TPSA) is 43.9 Å². The molecule has 0 radical (unpaired) electrons. The molecule has 0 bridgehead atoms. The minimum Gasteiger partial charge on any atom is -0.337 e. The first-order valence-corrected chi connectivity index (χ1v) is 12.7. The number of nitrogens with zero attached hydrogens (tertiary/aromatic N) is 3. The molecule has 1 fully saturated rings. The highest BCUT2D eigenvalue weighted by Crippen LogP contribution is 2.22. The lowest BCUT2D eigenvalue weighted by Crippen LogP contribution is -2.50. The summed E-state index contributed by atoms with van der Waals surface area (Å²) in [5, 5.41) is 2.06. The summed E-state index contributed by atoms with van der Waals surface area (Å²) in [5.74, 6) is -0.0939. The van der Waals surface area contributed by atoms with Gasteiger partial charge in [0.1, 0.15) is 5.82 Å². The molecule has 2 amide bonds. The summed E-state index contributed by atoms with van der Waals surface area (Å²) in [4.78, 5) is 32.5. The molecule has 0 aromatic heterocycles.